The Bertz CT molecular complexity index is 534. The average molecular weight is 232 g/mol. The summed E-state index contributed by atoms with van der Waals surface area (Å²) in [5, 5.41) is 13.4. The van der Waals surface area contributed by atoms with Crippen LogP contribution in [0.5, 0.6) is 5.75 Å². The van der Waals surface area contributed by atoms with Crippen LogP contribution in [0.2, 0.25) is 0 Å². The van der Waals surface area contributed by atoms with Gasteiger partial charge >= 0.3 is 5.97 Å². The number of esters is 1. The fraction of sp³-hybridized carbons (Fsp3) is 0.167. The van der Waals surface area contributed by atoms with Crippen molar-refractivity contribution in [2.75, 3.05) is 6.61 Å². The van der Waals surface area contributed by atoms with Crippen molar-refractivity contribution < 1.29 is 14.6 Å². The second-order valence-electron chi connectivity index (χ2n) is 3.37. The van der Waals surface area contributed by atoms with Gasteiger partial charge in [-0.2, -0.15) is 5.10 Å². The Morgan fingerprint density at radius 1 is 1.47 bits per heavy atom. The Hall–Kier alpha value is -2.30. The van der Waals surface area contributed by atoms with Crippen molar-refractivity contribution in [1.82, 2.24) is 9.78 Å². The van der Waals surface area contributed by atoms with Crippen LogP contribution in [-0.2, 0) is 4.74 Å². The van der Waals surface area contributed by atoms with Crippen LogP contribution in [0, 0.1) is 0 Å². The number of benzene rings is 1. The van der Waals surface area contributed by atoms with Crippen molar-refractivity contribution in [3.63, 3.8) is 0 Å². The largest absolute Gasteiger partial charge is 0.508 e. The third-order valence-corrected chi connectivity index (χ3v) is 2.20. The normalized spacial score (nSPS) is 10.2. The molecule has 1 aromatic carbocycles. The fourth-order valence-corrected chi connectivity index (χ4v) is 1.49. The number of rotatable bonds is 3. The average Bonchev–Trinajstić information content (AvgIpc) is 2.78. The van der Waals surface area contributed by atoms with Crippen molar-refractivity contribution >= 4 is 5.97 Å². The molecule has 0 amide bonds. The number of hydrogen-bond donors (Lipinski definition) is 1. The lowest BCUT2D eigenvalue weighted by molar-refractivity contribution is 0.0515. The number of phenols is 1. The number of carbonyl (C=O) groups is 1. The van der Waals surface area contributed by atoms with E-state index in [9.17, 15) is 9.90 Å². The molecule has 2 rings (SSSR count). The molecule has 0 saturated carbocycles. The maximum Gasteiger partial charge on any atom is 0.357 e. The van der Waals surface area contributed by atoms with Crippen molar-refractivity contribution in [3.05, 3.63) is 42.2 Å². The summed E-state index contributed by atoms with van der Waals surface area (Å²) >= 11 is 0. The number of aromatic hydroxyl groups is 1. The topological polar surface area (TPSA) is 64.3 Å². The predicted octanol–water partition coefficient (Wildman–Crippen LogP) is 1.75. The van der Waals surface area contributed by atoms with E-state index in [0.29, 0.717) is 18.0 Å². The minimum Gasteiger partial charge on any atom is -0.508 e. The SMILES string of the molecule is CCOC(=O)c1ccnn1-c1cccc(O)c1. The Morgan fingerprint density at radius 3 is 3.00 bits per heavy atom. The van der Waals surface area contributed by atoms with E-state index in [2.05, 4.69) is 5.10 Å². The highest BCUT2D eigenvalue weighted by Gasteiger charge is 2.14. The highest BCUT2D eigenvalue weighted by atomic mass is 16.5. The van der Waals surface area contributed by atoms with Crippen molar-refractivity contribution in [1.29, 1.82) is 0 Å². The van der Waals surface area contributed by atoms with Gasteiger partial charge in [0.05, 0.1) is 18.5 Å². The Labute approximate surface area is 98.3 Å². The van der Waals surface area contributed by atoms with E-state index < -0.39 is 5.97 Å². The maximum atomic E-state index is 11.6. The second-order valence-corrected chi connectivity index (χ2v) is 3.37. The number of hydrogen-bond acceptors (Lipinski definition) is 4. The number of nitrogens with zero attached hydrogens (tertiary/aromatic N) is 2. The number of ether oxygens (including phenoxy) is 1. The molecule has 0 aliphatic rings. The molecular weight excluding hydrogens is 220 g/mol. The van der Waals surface area contributed by atoms with Crippen molar-refractivity contribution in [2.24, 2.45) is 0 Å². The van der Waals surface area contributed by atoms with Crippen LogP contribution in [0.25, 0.3) is 5.69 Å². The molecule has 0 fully saturated rings. The molecule has 0 aliphatic carbocycles. The summed E-state index contributed by atoms with van der Waals surface area (Å²) in [5.74, 6) is -0.318. The quantitative estimate of drug-likeness (QED) is 0.819. The summed E-state index contributed by atoms with van der Waals surface area (Å²) < 4.78 is 6.34. The monoisotopic (exact) mass is 232 g/mol. The summed E-state index contributed by atoms with van der Waals surface area (Å²) in [5.41, 5.74) is 0.940. The first kappa shape index (κ1) is 11.2. The van der Waals surface area contributed by atoms with E-state index in [0.717, 1.165) is 0 Å². The smallest absolute Gasteiger partial charge is 0.357 e. The summed E-state index contributed by atoms with van der Waals surface area (Å²) in [4.78, 5) is 11.6. The molecule has 0 atom stereocenters. The molecule has 1 heterocycles. The standard InChI is InChI=1S/C12H12N2O3/c1-2-17-12(16)11-6-7-13-14(11)9-4-3-5-10(15)8-9/h3-8,15H,2H2,1H3. The van der Waals surface area contributed by atoms with Gasteiger partial charge in [0.25, 0.3) is 0 Å². The van der Waals surface area contributed by atoms with Gasteiger partial charge in [-0.3, -0.25) is 0 Å². The van der Waals surface area contributed by atoms with Gasteiger partial charge in [-0.1, -0.05) is 6.07 Å². The summed E-state index contributed by atoms with van der Waals surface area (Å²) in [7, 11) is 0. The van der Waals surface area contributed by atoms with Gasteiger partial charge in [0.2, 0.25) is 0 Å². The lowest BCUT2D eigenvalue weighted by Crippen LogP contribution is -2.11. The molecule has 88 valence electrons. The Balaban J connectivity index is 2.40. The van der Waals surface area contributed by atoms with Gasteiger partial charge < -0.3 is 9.84 Å². The molecular formula is C12H12N2O3. The van der Waals surface area contributed by atoms with Gasteiger partial charge in [-0.25, -0.2) is 9.48 Å². The maximum absolute atomic E-state index is 11.6. The molecule has 0 aliphatic heterocycles. The molecule has 5 nitrogen and oxygen atoms in total. The van der Waals surface area contributed by atoms with Crippen molar-refractivity contribution in [2.45, 2.75) is 6.92 Å². The van der Waals surface area contributed by atoms with E-state index >= 15 is 0 Å². The minimum absolute atomic E-state index is 0.118. The zero-order chi connectivity index (χ0) is 12.3. The highest BCUT2D eigenvalue weighted by molar-refractivity contribution is 5.88. The minimum atomic E-state index is -0.437. The first-order valence-electron chi connectivity index (χ1n) is 5.23. The van der Waals surface area contributed by atoms with Crippen LogP contribution >= 0.6 is 0 Å². The lowest BCUT2D eigenvalue weighted by Gasteiger charge is -2.06. The first-order valence-corrected chi connectivity index (χ1v) is 5.23. The third kappa shape index (κ3) is 2.28. The molecule has 0 spiro atoms. The van der Waals surface area contributed by atoms with E-state index in [-0.39, 0.29) is 5.75 Å². The Morgan fingerprint density at radius 2 is 2.29 bits per heavy atom. The zero-order valence-electron chi connectivity index (χ0n) is 9.33. The van der Waals surface area contributed by atoms with Gasteiger partial charge in [-0.05, 0) is 25.1 Å². The second kappa shape index (κ2) is 4.69. The van der Waals surface area contributed by atoms with Crippen LogP contribution in [-0.4, -0.2) is 27.5 Å². The summed E-state index contributed by atoms with van der Waals surface area (Å²) in [6, 6.07) is 8.07. The molecule has 5 heteroatoms. The van der Waals surface area contributed by atoms with Crippen LogP contribution < -0.4 is 0 Å². The molecule has 2 aromatic rings. The molecule has 0 unspecified atom stereocenters. The summed E-state index contributed by atoms with van der Waals surface area (Å²) in [6.45, 7) is 2.05. The number of aromatic nitrogens is 2. The van der Waals surface area contributed by atoms with Crippen LogP contribution in [0.4, 0.5) is 0 Å². The predicted molar refractivity (Wildman–Crippen MR) is 61.2 cm³/mol. The van der Waals surface area contributed by atoms with Gasteiger partial charge in [0, 0.05) is 6.07 Å². The molecule has 1 aromatic heterocycles. The lowest BCUT2D eigenvalue weighted by atomic mass is 10.3. The molecule has 0 saturated heterocycles. The van der Waals surface area contributed by atoms with Crippen molar-refractivity contribution in [3.8, 4) is 11.4 Å². The van der Waals surface area contributed by atoms with Crippen LogP contribution in [0.3, 0.4) is 0 Å². The number of carbonyl (C=O) groups excluding carboxylic acids is 1. The first-order chi connectivity index (χ1) is 8.22. The Kier molecular flexibility index (Phi) is 3.09. The summed E-state index contributed by atoms with van der Waals surface area (Å²) in [6.07, 6.45) is 1.51. The van der Waals surface area contributed by atoms with Gasteiger partial charge in [-0.15, -0.1) is 0 Å². The molecule has 1 N–H and O–H groups in total. The van der Waals surface area contributed by atoms with Crippen LogP contribution in [0.15, 0.2) is 36.5 Å². The fourth-order valence-electron chi connectivity index (χ4n) is 1.49. The number of phenolic OH excluding ortho intramolecular Hbond substituents is 1. The third-order valence-electron chi connectivity index (χ3n) is 2.20. The van der Waals surface area contributed by atoms with E-state index in [1.807, 2.05) is 0 Å². The van der Waals surface area contributed by atoms with Gasteiger partial charge in [0.15, 0.2) is 5.69 Å². The zero-order valence-corrected chi connectivity index (χ0v) is 9.33. The van der Waals surface area contributed by atoms with Gasteiger partial charge in [0.1, 0.15) is 5.75 Å². The van der Waals surface area contributed by atoms with E-state index in [1.54, 1.807) is 31.2 Å². The molecule has 0 bridgehead atoms. The highest BCUT2D eigenvalue weighted by Crippen LogP contribution is 2.16. The van der Waals surface area contributed by atoms with Crippen LogP contribution in [0.1, 0.15) is 17.4 Å². The van der Waals surface area contributed by atoms with E-state index in [1.165, 1.54) is 16.9 Å². The van der Waals surface area contributed by atoms with E-state index in [4.69, 9.17) is 4.74 Å². The molecule has 0 radical (unpaired) electrons. The molecule has 17 heavy (non-hydrogen) atoms.